The molecular formula is C94H138N4O9. The molecule has 1 N–H and O–H groups in total. The van der Waals surface area contributed by atoms with Gasteiger partial charge in [0, 0.05) is 49.9 Å². The van der Waals surface area contributed by atoms with Crippen LogP contribution in [0.15, 0.2) is 161 Å². The van der Waals surface area contributed by atoms with Crippen LogP contribution in [-0.4, -0.2) is 69.9 Å². The zero-order chi connectivity index (χ0) is 79.9. The van der Waals surface area contributed by atoms with Crippen LogP contribution in [0.1, 0.15) is 238 Å². The maximum atomic E-state index is 11.3. The van der Waals surface area contributed by atoms with Crippen LogP contribution in [0.4, 0.5) is 17.1 Å². The largest absolute Gasteiger partial charge is 0.493 e. The lowest BCUT2D eigenvalue weighted by atomic mass is 9.85. The molecule has 1 saturated carbocycles. The van der Waals surface area contributed by atoms with E-state index in [0.29, 0.717) is 40.5 Å². The fourth-order valence-electron chi connectivity index (χ4n) is 11.1. The van der Waals surface area contributed by atoms with Crippen LogP contribution in [-0.2, 0) is 58.7 Å². The van der Waals surface area contributed by atoms with Crippen LogP contribution in [0.5, 0.6) is 28.7 Å². The Morgan fingerprint density at radius 1 is 0.411 bits per heavy atom. The van der Waals surface area contributed by atoms with Crippen molar-refractivity contribution in [1.29, 1.82) is 0 Å². The van der Waals surface area contributed by atoms with E-state index >= 15 is 0 Å². The number of benzene rings is 7. The molecule has 0 atom stereocenters. The lowest BCUT2D eigenvalue weighted by molar-refractivity contribution is -0.118. The average Bonchev–Trinajstić information content (AvgIpc) is 1.59. The van der Waals surface area contributed by atoms with Gasteiger partial charge in [0.25, 0.3) is 0 Å². The molecule has 8 aromatic rings. The van der Waals surface area contributed by atoms with Gasteiger partial charge in [0.2, 0.25) is 12.7 Å². The summed E-state index contributed by atoms with van der Waals surface area (Å²) in [6.07, 6.45) is 7.34. The molecule has 7 aliphatic rings. The quantitative estimate of drug-likeness (QED) is 0.156. The second-order valence-corrected chi connectivity index (χ2v) is 38.1. The second-order valence-electron chi connectivity index (χ2n) is 38.1. The minimum atomic E-state index is -0.314. The standard InChI is InChI=1S/C14H19NO.C13H19NO.C11H14O2.C10H11NO.2C9H10O.C8H7NO2.4C5H12/c1-13(2,3)10-5-4-6-11-12(10)16-14(7-8-14)9-15-11;1-13(2,3)10-6-5-7-11-12(10)15-9-8-14(11)4;1-11(2,3)8-5-4-6-9-10(8)13-7-12-9;1-11-9-5-3-2-4-8(9)6-7-10(11)12;1-2-6-9-8(4-1)5-3-7-10-9;1-2-4-9-7-10-6-5-8(9)3-1;1-9-6-4-2-3-5-7(6)11-8(9)10;4*1-5(2,3)4/h4-6,15H,7-9H2,1-3H3;5-7H,8-9H2,1-4H3;4-6H,7H2,1-3H3;2-5H,6-7H2,1H3;1-2,4,6H,3,5,7H2;1-4H,5-7H2;2-5H,1H3;4*1-4H3. The minimum absolute atomic E-state index is 0.110. The molecule has 0 bridgehead atoms. The Kier molecular flexibility index (Phi) is 32.8. The number of hydrogen-bond donors (Lipinski definition) is 1. The van der Waals surface area contributed by atoms with E-state index in [0.717, 1.165) is 104 Å². The highest BCUT2D eigenvalue weighted by molar-refractivity contribution is 5.95. The molecule has 1 amide bonds. The fraction of sp³-hybridized carbons (Fsp3) is 0.532. The summed E-state index contributed by atoms with van der Waals surface area (Å²) < 4.78 is 39.9. The van der Waals surface area contributed by atoms with Crippen molar-refractivity contribution in [2.75, 3.05) is 68.9 Å². The van der Waals surface area contributed by atoms with Gasteiger partial charge < -0.3 is 48.0 Å². The maximum Gasteiger partial charge on any atom is 0.419 e. The van der Waals surface area contributed by atoms with Crippen LogP contribution >= 0.6 is 0 Å². The first-order valence-electron chi connectivity index (χ1n) is 38.8. The Morgan fingerprint density at radius 3 is 1.46 bits per heavy atom. The molecule has 1 spiro atoms. The number of oxazole rings is 1. The minimum Gasteiger partial charge on any atom is -0.493 e. The number of carbonyl (C=O) groups is 1. The summed E-state index contributed by atoms with van der Waals surface area (Å²) in [6.45, 7) is 60.5. The van der Waals surface area contributed by atoms with Gasteiger partial charge in [-0.2, -0.15) is 0 Å². The lowest BCUT2D eigenvalue weighted by Gasteiger charge is -2.32. The van der Waals surface area contributed by atoms with Gasteiger partial charge in [-0.3, -0.25) is 9.36 Å². The van der Waals surface area contributed by atoms with Crippen molar-refractivity contribution in [2.45, 2.75) is 246 Å². The molecular weight excluding hydrogens is 1330 g/mol. The van der Waals surface area contributed by atoms with E-state index in [4.69, 9.17) is 32.8 Å². The van der Waals surface area contributed by atoms with Gasteiger partial charge in [-0.05, 0) is 141 Å². The van der Waals surface area contributed by atoms with Crippen molar-refractivity contribution in [3.63, 3.8) is 0 Å². The third-order valence-corrected chi connectivity index (χ3v) is 16.4. The molecule has 0 saturated heterocycles. The number of fused-ring (bicyclic) bond motifs is 7. The molecule has 588 valence electrons. The molecule has 15 rings (SSSR count). The molecule has 13 nitrogen and oxygen atoms in total. The van der Waals surface area contributed by atoms with Gasteiger partial charge in [-0.25, -0.2) is 4.79 Å². The van der Waals surface area contributed by atoms with Gasteiger partial charge in [-0.15, -0.1) is 0 Å². The van der Waals surface area contributed by atoms with E-state index in [1.807, 2.05) is 67.7 Å². The summed E-state index contributed by atoms with van der Waals surface area (Å²) in [5.74, 6) is 4.91. The first-order valence-corrected chi connectivity index (χ1v) is 38.8. The topological polar surface area (TPSA) is 126 Å². The van der Waals surface area contributed by atoms with E-state index < -0.39 is 0 Å². The molecule has 7 heterocycles. The Hall–Kier alpha value is -8.16. The number of amides is 1. The van der Waals surface area contributed by atoms with Crippen molar-refractivity contribution in [1.82, 2.24) is 4.57 Å². The molecule has 7 aromatic carbocycles. The predicted molar refractivity (Wildman–Crippen MR) is 452 cm³/mol. The van der Waals surface area contributed by atoms with E-state index in [1.54, 1.807) is 18.0 Å². The third kappa shape index (κ3) is 32.3. The van der Waals surface area contributed by atoms with Crippen LogP contribution in [0.3, 0.4) is 0 Å². The number of aryl methyl sites for hydroxylation is 3. The van der Waals surface area contributed by atoms with Crippen LogP contribution < -0.4 is 44.6 Å². The number of ether oxygens (including phenoxy) is 6. The number of rotatable bonds is 0. The summed E-state index contributed by atoms with van der Waals surface area (Å²) >= 11 is 0. The van der Waals surface area contributed by atoms with Crippen LogP contribution in [0.2, 0.25) is 0 Å². The summed E-state index contributed by atoms with van der Waals surface area (Å²) in [5, 5.41) is 3.50. The van der Waals surface area contributed by atoms with Gasteiger partial charge in [0.15, 0.2) is 17.1 Å². The number of aromatic nitrogens is 1. The maximum absolute atomic E-state index is 11.3. The summed E-state index contributed by atoms with van der Waals surface area (Å²) in [4.78, 5) is 26.2. The molecule has 1 aromatic heterocycles. The highest BCUT2D eigenvalue weighted by Gasteiger charge is 2.48. The molecule has 6 aliphatic heterocycles. The Labute approximate surface area is 646 Å². The molecule has 0 unspecified atom stereocenters. The smallest absolute Gasteiger partial charge is 0.419 e. The highest BCUT2D eigenvalue weighted by Crippen LogP contribution is 2.49. The number of likely N-dealkylation sites (N-methyl/N-ethyl adjacent to an activating group) is 1. The van der Waals surface area contributed by atoms with Gasteiger partial charge in [0.1, 0.15) is 29.5 Å². The molecule has 1 aliphatic carbocycles. The van der Waals surface area contributed by atoms with Crippen molar-refractivity contribution < 1.29 is 37.6 Å². The summed E-state index contributed by atoms with van der Waals surface area (Å²) in [5.41, 5.74) is 16.7. The first kappa shape index (κ1) is 89.5. The zero-order valence-corrected chi connectivity index (χ0v) is 71.3. The van der Waals surface area contributed by atoms with Crippen LogP contribution in [0.25, 0.3) is 11.1 Å². The van der Waals surface area contributed by atoms with E-state index in [2.05, 4.69) is 275 Å². The second kappa shape index (κ2) is 39.3. The summed E-state index contributed by atoms with van der Waals surface area (Å²) in [7, 11) is 5.64. The Balaban J connectivity index is 0.000000216. The number of para-hydroxylation sites is 7. The molecule has 1 fully saturated rings. The molecule has 13 heteroatoms. The van der Waals surface area contributed by atoms with Crippen molar-refractivity contribution in [3.05, 3.63) is 201 Å². The van der Waals surface area contributed by atoms with Gasteiger partial charge in [-0.1, -0.05) is 282 Å². The number of nitrogens with one attached hydrogen (secondary N) is 1. The summed E-state index contributed by atoms with van der Waals surface area (Å²) in [6, 6.07) is 51.0. The zero-order valence-electron chi connectivity index (χ0n) is 71.3. The highest BCUT2D eigenvalue weighted by atomic mass is 16.7. The Morgan fingerprint density at radius 2 is 0.897 bits per heavy atom. The van der Waals surface area contributed by atoms with Crippen molar-refractivity contribution in [2.24, 2.45) is 28.7 Å². The van der Waals surface area contributed by atoms with E-state index in [-0.39, 0.29) is 33.5 Å². The van der Waals surface area contributed by atoms with Gasteiger partial charge >= 0.3 is 5.76 Å². The normalized spacial score (nSPS) is 15.3. The predicted octanol–water partition coefficient (Wildman–Crippen LogP) is 23.6. The van der Waals surface area contributed by atoms with Crippen molar-refractivity contribution >= 4 is 34.1 Å². The Bertz CT molecular complexity index is 3910. The molecule has 107 heavy (non-hydrogen) atoms. The van der Waals surface area contributed by atoms with E-state index in [9.17, 15) is 9.59 Å². The lowest BCUT2D eigenvalue weighted by Crippen LogP contribution is -2.34. The number of hydrogen-bond acceptors (Lipinski definition) is 11. The first-order chi connectivity index (χ1) is 49.6. The monoisotopic (exact) mass is 1470 g/mol. The average molecular weight is 1470 g/mol. The number of carbonyl (C=O) groups excluding carboxylic acids is 1. The van der Waals surface area contributed by atoms with Crippen molar-refractivity contribution in [3.8, 4) is 28.7 Å². The molecule has 0 radical (unpaired) electrons. The SMILES string of the molecule is CC(C)(C)C.CC(C)(C)C.CC(C)(C)C.CC(C)(C)C.CC(C)(C)c1cccc2c1OC1(CC1)CN2.CC(C)(C)c1cccc2c1OCO2.CN1C(=O)CCc2ccccc21.CN1CCOc2c1cccc2C(C)(C)C.Cn1c(=O)oc2ccccc21.c1ccc2c(c1)CCCO2.c1ccc2c(c1)CCOC2. The fourth-order valence-corrected chi connectivity index (χ4v) is 11.1. The van der Waals surface area contributed by atoms with Crippen LogP contribution in [0, 0.1) is 21.7 Å². The van der Waals surface area contributed by atoms with E-state index in [1.165, 1.54) is 68.5 Å². The number of nitrogens with zero attached hydrogens (tertiary/aromatic N) is 3. The number of anilines is 3. The van der Waals surface area contributed by atoms with Gasteiger partial charge in [0.05, 0.1) is 49.8 Å². The third-order valence-electron chi connectivity index (χ3n) is 16.4.